The summed E-state index contributed by atoms with van der Waals surface area (Å²) in [6.45, 7) is -0.347. The van der Waals surface area contributed by atoms with E-state index in [4.69, 9.17) is 5.73 Å². The fourth-order valence-electron chi connectivity index (χ4n) is 0.882. The molecule has 0 radical (unpaired) electrons. The highest BCUT2D eigenvalue weighted by atomic mass is 35.5. The van der Waals surface area contributed by atoms with Crippen LogP contribution in [0.1, 0.15) is 11.7 Å². The Kier molecular flexibility index (Phi) is 4.80. The molecule has 0 saturated carbocycles. The van der Waals surface area contributed by atoms with Gasteiger partial charge in [-0.05, 0) is 18.2 Å². The van der Waals surface area contributed by atoms with Crippen LogP contribution in [-0.4, -0.2) is 6.54 Å². The number of hydrogen-bond donors (Lipinski definition) is 1. The van der Waals surface area contributed by atoms with E-state index < -0.39 is 17.8 Å². The van der Waals surface area contributed by atoms with Gasteiger partial charge < -0.3 is 5.73 Å². The van der Waals surface area contributed by atoms with Crippen LogP contribution in [0, 0.1) is 11.6 Å². The molecule has 13 heavy (non-hydrogen) atoms. The first kappa shape index (κ1) is 12.3. The minimum absolute atomic E-state index is 0. The highest BCUT2D eigenvalue weighted by Crippen LogP contribution is 2.20. The summed E-state index contributed by atoms with van der Waals surface area (Å²) in [5.74, 6) is -1.43. The van der Waals surface area contributed by atoms with Crippen LogP contribution in [0.5, 0.6) is 0 Å². The molecule has 0 aliphatic carbocycles. The third-order valence-electron chi connectivity index (χ3n) is 1.50. The molecule has 0 aromatic heterocycles. The van der Waals surface area contributed by atoms with Crippen molar-refractivity contribution in [1.29, 1.82) is 0 Å². The van der Waals surface area contributed by atoms with Gasteiger partial charge in [0.1, 0.15) is 17.8 Å². The van der Waals surface area contributed by atoms with E-state index in [1.54, 1.807) is 0 Å². The highest BCUT2D eigenvalue weighted by molar-refractivity contribution is 5.85. The summed E-state index contributed by atoms with van der Waals surface area (Å²) < 4.78 is 38.0. The van der Waals surface area contributed by atoms with Crippen molar-refractivity contribution in [3.05, 3.63) is 35.4 Å². The number of alkyl halides is 1. The molecule has 0 saturated heterocycles. The minimum atomic E-state index is -1.64. The van der Waals surface area contributed by atoms with Crippen LogP contribution in [0.25, 0.3) is 0 Å². The van der Waals surface area contributed by atoms with Crippen LogP contribution >= 0.6 is 12.4 Å². The summed E-state index contributed by atoms with van der Waals surface area (Å²) in [5.41, 5.74) is 4.64. The second-order valence-electron chi connectivity index (χ2n) is 2.37. The molecule has 5 heteroatoms. The van der Waals surface area contributed by atoms with Gasteiger partial charge >= 0.3 is 0 Å². The van der Waals surface area contributed by atoms with E-state index in [0.29, 0.717) is 0 Å². The SMILES string of the molecule is Cl.NCC(F)c1cc(F)ccc1F. The van der Waals surface area contributed by atoms with Crippen molar-refractivity contribution in [2.24, 2.45) is 5.73 Å². The second-order valence-corrected chi connectivity index (χ2v) is 2.37. The van der Waals surface area contributed by atoms with Gasteiger partial charge in [0, 0.05) is 12.1 Å². The van der Waals surface area contributed by atoms with E-state index in [1.807, 2.05) is 0 Å². The lowest BCUT2D eigenvalue weighted by molar-refractivity contribution is 0.340. The smallest absolute Gasteiger partial charge is 0.140 e. The molecular weight excluding hydrogens is 203 g/mol. The van der Waals surface area contributed by atoms with Gasteiger partial charge in [0.15, 0.2) is 0 Å². The largest absolute Gasteiger partial charge is 0.327 e. The van der Waals surface area contributed by atoms with Crippen molar-refractivity contribution in [2.45, 2.75) is 6.17 Å². The zero-order valence-electron chi connectivity index (χ0n) is 6.64. The minimum Gasteiger partial charge on any atom is -0.327 e. The Hall–Kier alpha value is -0.740. The molecule has 74 valence electrons. The van der Waals surface area contributed by atoms with Crippen LogP contribution in [0.15, 0.2) is 18.2 Å². The van der Waals surface area contributed by atoms with Crippen LogP contribution in [0.3, 0.4) is 0 Å². The first-order chi connectivity index (χ1) is 5.65. The van der Waals surface area contributed by atoms with Crippen molar-refractivity contribution in [3.8, 4) is 0 Å². The number of hydrogen-bond acceptors (Lipinski definition) is 1. The van der Waals surface area contributed by atoms with Gasteiger partial charge in [-0.1, -0.05) is 0 Å². The molecular formula is C8H9ClF3N. The van der Waals surface area contributed by atoms with Gasteiger partial charge in [-0.25, -0.2) is 13.2 Å². The monoisotopic (exact) mass is 211 g/mol. The average molecular weight is 212 g/mol. The quantitative estimate of drug-likeness (QED) is 0.799. The van der Waals surface area contributed by atoms with E-state index in [-0.39, 0.29) is 24.5 Å². The number of nitrogens with two attached hydrogens (primary N) is 1. The normalized spacial score (nSPS) is 12.0. The predicted molar refractivity (Wildman–Crippen MR) is 46.5 cm³/mol. The fourth-order valence-corrected chi connectivity index (χ4v) is 0.882. The summed E-state index contributed by atoms with van der Waals surface area (Å²) in [6, 6.07) is 2.63. The second kappa shape index (κ2) is 5.09. The van der Waals surface area contributed by atoms with Gasteiger partial charge in [-0.3, -0.25) is 0 Å². The Balaban J connectivity index is 0.00000144. The molecule has 0 spiro atoms. The van der Waals surface area contributed by atoms with Gasteiger partial charge in [-0.2, -0.15) is 0 Å². The molecule has 0 heterocycles. The number of halogens is 4. The molecule has 1 rings (SSSR count). The topological polar surface area (TPSA) is 26.0 Å². The van der Waals surface area contributed by atoms with Crippen molar-refractivity contribution in [1.82, 2.24) is 0 Å². The molecule has 2 N–H and O–H groups in total. The third-order valence-corrected chi connectivity index (χ3v) is 1.50. The summed E-state index contributed by atoms with van der Waals surface area (Å²) in [4.78, 5) is 0. The third kappa shape index (κ3) is 2.90. The molecule has 0 amide bonds. The molecule has 1 atom stereocenters. The molecule has 0 aliphatic heterocycles. The molecule has 1 nitrogen and oxygen atoms in total. The Labute approximate surface area is 80.2 Å². The number of benzene rings is 1. The summed E-state index contributed by atoms with van der Waals surface area (Å²) in [7, 11) is 0. The van der Waals surface area contributed by atoms with E-state index in [0.717, 1.165) is 18.2 Å². The average Bonchev–Trinajstić information content (AvgIpc) is 2.08. The van der Waals surface area contributed by atoms with Gasteiger partial charge in [0.05, 0.1) is 0 Å². The van der Waals surface area contributed by atoms with Gasteiger partial charge in [0.25, 0.3) is 0 Å². The van der Waals surface area contributed by atoms with Crippen molar-refractivity contribution in [3.63, 3.8) is 0 Å². The maximum absolute atomic E-state index is 12.8. The molecule has 1 unspecified atom stereocenters. The van der Waals surface area contributed by atoms with Crippen LogP contribution < -0.4 is 5.73 Å². The van der Waals surface area contributed by atoms with E-state index in [9.17, 15) is 13.2 Å². The Morgan fingerprint density at radius 2 is 1.92 bits per heavy atom. The first-order valence-electron chi connectivity index (χ1n) is 3.44. The zero-order chi connectivity index (χ0) is 9.14. The summed E-state index contributed by atoms with van der Waals surface area (Å²) in [5, 5.41) is 0. The lowest BCUT2D eigenvalue weighted by Gasteiger charge is -2.05. The first-order valence-corrected chi connectivity index (χ1v) is 3.44. The summed E-state index contributed by atoms with van der Waals surface area (Å²) >= 11 is 0. The Morgan fingerprint density at radius 3 is 2.46 bits per heavy atom. The van der Waals surface area contributed by atoms with Crippen molar-refractivity contribution in [2.75, 3.05) is 6.54 Å². The van der Waals surface area contributed by atoms with E-state index in [2.05, 4.69) is 0 Å². The standard InChI is InChI=1S/C8H8F3N.ClH/c9-5-1-2-7(10)6(3-5)8(11)4-12;/h1-3,8H,4,12H2;1H. The van der Waals surface area contributed by atoms with Crippen LogP contribution in [0.4, 0.5) is 13.2 Å². The predicted octanol–water partition coefficient (Wildman–Crippen LogP) is 2.36. The van der Waals surface area contributed by atoms with Crippen molar-refractivity contribution >= 4 is 12.4 Å². The fraction of sp³-hybridized carbons (Fsp3) is 0.250. The van der Waals surface area contributed by atoms with Crippen LogP contribution in [0.2, 0.25) is 0 Å². The maximum atomic E-state index is 12.8. The van der Waals surface area contributed by atoms with E-state index in [1.165, 1.54) is 0 Å². The molecule has 1 aromatic carbocycles. The molecule has 0 aliphatic rings. The molecule has 0 fully saturated rings. The van der Waals surface area contributed by atoms with Gasteiger partial charge in [-0.15, -0.1) is 12.4 Å². The Bertz CT molecular complexity index is 280. The zero-order valence-corrected chi connectivity index (χ0v) is 7.45. The number of rotatable bonds is 2. The Morgan fingerprint density at radius 1 is 1.31 bits per heavy atom. The highest BCUT2D eigenvalue weighted by Gasteiger charge is 2.13. The van der Waals surface area contributed by atoms with Crippen molar-refractivity contribution < 1.29 is 13.2 Å². The molecule has 1 aromatic rings. The summed E-state index contributed by atoms with van der Waals surface area (Å²) in [6.07, 6.45) is -1.64. The molecule has 0 bridgehead atoms. The lowest BCUT2D eigenvalue weighted by atomic mass is 10.1. The van der Waals surface area contributed by atoms with Crippen LogP contribution in [-0.2, 0) is 0 Å². The van der Waals surface area contributed by atoms with E-state index >= 15 is 0 Å². The lowest BCUT2D eigenvalue weighted by Crippen LogP contribution is -2.09. The van der Waals surface area contributed by atoms with Gasteiger partial charge in [0.2, 0.25) is 0 Å². The maximum Gasteiger partial charge on any atom is 0.140 e.